The lowest BCUT2D eigenvalue weighted by molar-refractivity contribution is -0.115. The molecule has 1 amide bonds. The summed E-state index contributed by atoms with van der Waals surface area (Å²) in [6.07, 6.45) is 1.79. The molecule has 1 heterocycles. The number of aliphatic imine (C=N–C) groups is 1. The molecule has 162 valence electrons. The van der Waals surface area contributed by atoms with Gasteiger partial charge >= 0.3 is 0 Å². The van der Waals surface area contributed by atoms with Crippen LogP contribution in [0.4, 0.5) is 10.1 Å². The van der Waals surface area contributed by atoms with Crippen molar-refractivity contribution in [1.29, 1.82) is 0 Å². The molecule has 4 nitrogen and oxygen atoms in total. The van der Waals surface area contributed by atoms with Crippen molar-refractivity contribution in [3.05, 3.63) is 97.0 Å². The number of aryl methyl sites for hydroxylation is 1. The van der Waals surface area contributed by atoms with E-state index in [1.165, 1.54) is 17.8 Å². The van der Waals surface area contributed by atoms with Gasteiger partial charge in [-0.1, -0.05) is 35.9 Å². The molecule has 1 fully saturated rings. The fraction of sp³-hybridized carbons (Fsp3) is 0.0833. The van der Waals surface area contributed by atoms with Gasteiger partial charge in [-0.25, -0.2) is 9.38 Å². The Labute approximate surface area is 206 Å². The zero-order valence-corrected chi connectivity index (χ0v) is 20.9. The summed E-state index contributed by atoms with van der Waals surface area (Å²) in [5.74, 6) is 0.0435. The quantitative estimate of drug-likeness (QED) is 0.329. The van der Waals surface area contributed by atoms with E-state index in [0.717, 1.165) is 16.8 Å². The lowest BCUT2D eigenvalue weighted by Gasteiger charge is -2.12. The molecule has 0 atom stereocenters. The monoisotopic (exact) mass is 574 g/mol. The smallest absolute Gasteiger partial charge is 0.264 e. The summed E-state index contributed by atoms with van der Waals surface area (Å²) in [6, 6.07) is 17.9. The number of amides is 1. The summed E-state index contributed by atoms with van der Waals surface area (Å²) in [5, 5.41) is 3.33. The number of nitrogens with zero attached hydrogens (tertiary/aromatic N) is 1. The van der Waals surface area contributed by atoms with E-state index in [0.29, 0.717) is 30.3 Å². The molecular weight excluding hydrogens is 559 g/mol. The molecule has 1 N–H and O–H groups in total. The minimum atomic E-state index is -0.312. The van der Waals surface area contributed by atoms with Crippen molar-refractivity contribution in [1.82, 2.24) is 5.32 Å². The molecule has 0 aromatic heterocycles. The van der Waals surface area contributed by atoms with Gasteiger partial charge in [0.1, 0.15) is 18.2 Å². The van der Waals surface area contributed by atoms with Gasteiger partial charge in [0.15, 0.2) is 5.17 Å². The normalized spacial score (nSPS) is 15.9. The second-order valence-electron chi connectivity index (χ2n) is 7.01. The number of halogens is 3. The average Bonchev–Trinajstić information content (AvgIpc) is 3.09. The molecule has 0 saturated carbocycles. The third-order valence-electron chi connectivity index (χ3n) is 4.56. The van der Waals surface area contributed by atoms with E-state index in [-0.39, 0.29) is 18.3 Å². The van der Waals surface area contributed by atoms with Gasteiger partial charge in [-0.3, -0.25) is 4.79 Å². The van der Waals surface area contributed by atoms with Gasteiger partial charge < -0.3 is 10.1 Å². The van der Waals surface area contributed by atoms with E-state index in [9.17, 15) is 9.18 Å². The Hall–Kier alpha value is -2.42. The van der Waals surface area contributed by atoms with Crippen LogP contribution >= 0.6 is 43.6 Å². The van der Waals surface area contributed by atoms with Gasteiger partial charge in [-0.05, 0) is 92.5 Å². The number of amidine groups is 1. The van der Waals surface area contributed by atoms with Crippen molar-refractivity contribution in [3.8, 4) is 5.75 Å². The number of hydrogen-bond acceptors (Lipinski definition) is 4. The van der Waals surface area contributed by atoms with Gasteiger partial charge in [-0.15, -0.1) is 0 Å². The Morgan fingerprint density at radius 2 is 1.78 bits per heavy atom. The molecule has 32 heavy (non-hydrogen) atoms. The van der Waals surface area contributed by atoms with Crippen LogP contribution in [-0.2, 0) is 11.4 Å². The van der Waals surface area contributed by atoms with Gasteiger partial charge in [0.25, 0.3) is 5.91 Å². The molecule has 3 aromatic carbocycles. The third-order valence-corrected chi connectivity index (χ3v) is 6.65. The number of rotatable bonds is 5. The van der Waals surface area contributed by atoms with Crippen LogP contribution < -0.4 is 10.1 Å². The first-order valence-corrected chi connectivity index (χ1v) is 12.0. The first-order valence-electron chi connectivity index (χ1n) is 9.60. The minimum absolute atomic E-state index is 0.0986. The van der Waals surface area contributed by atoms with Crippen molar-refractivity contribution in [2.24, 2.45) is 4.99 Å². The first-order chi connectivity index (χ1) is 15.4. The summed E-state index contributed by atoms with van der Waals surface area (Å²) in [4.78, 5) is 17.4. The van der Waals surface area contributed by atoms with Crippen LogP contribution in [0, 0.1) is 12.7 Å². The highest BCUT2D eigenvalue weighted by molar-refractivity contribution is 9.11. The number of nitrogens with one attached hydrogen (secondary N) is 1. The molecule has 3 aromatic rings. The highest BCUT2D eigenvalue weighted by Gasteiger charge is 2.24. The lowest BCUT2D eigenvalue weighted by atomic mass is 10.2. The first kappa shape index (κ1) is 22.8. The SMILES string of the molecule is Cc1ccc(N=C2NC(=O)/C(=C/c3cc(Br)c(OCc4ccccc4F)c(Br)c3)S2)cc1. The van der Waals surface area contributed by atoms with Crippen molar-refractivity contribution < 1.29 is 13.9 Å². The fourth-order valence-corrected chi connectivity index (χ4v) is 5.23. The van der Waals surface area contributed by atoms with Crippen LogP contribution in [0.3, 0.4) is 0 Å². The van der Waals surface area contributed by atoms with Crippen LogP contribution in [0.25, 0.3) is 6.08 Å². The van der Waals surface area contributed by atoms with E-state index in [1.807, 2.05) is 43.3 Å². The van der Waals surface area contributed by atoms with Gasteiger partial charge in [-0.2, -0.15) is 0 Å². The maximum Gasteiger partial charge on any atom is 0.264 e. The fourth-order valence-electron chi connectivity index (χ4n) is 2.93. The molecule has 0 radical (unpaired) electrons. The number of benzene rings is 3. The van der Waals surface area contributed by atoms with Crippen molar-refractivity contribution >= 4 is 66.5 Å². The topological polar surface area (TPSA) is 50.7 Å². The van der Waals surface area contributed by atoms with Gasteiger partial charge in [0, 0.05) is 5.56 Å². The maximum atomic E-state index is 13.8. The highest BCUT2D eigenvalue weighted by Crippen LogP contribution is 2.37. The summed E-state index contributed by atoms with van der Waals surface area (Å²) in [6.45, 7) is 2.11. The maximum absolute atomic E-state index is 13.8. The minimum Gasteiger partial charge on any atom is -0.486 e. The highest BCUT2D eigenvalue weighted by atomic mass is 79.9. The zero-order chi connectivity index (χ0) is 22.7. The summed E-state index contributed by atoms with van der Waals surface area (Å²) in [7, 11) is 0. The Bertz CT molecular complexity index is 1220. The molecule has 8 heteroatoms. The Kier molecular flexibility index (Phi) is 7.13. The van der Waals surface area contributed by atoms with Crippen LogP contribution in [0.2, 0.25) is 0 Å². The Morgan fingerprint density at radius 1 is 1.09 bits per heavy atom. The standard InChI is InChI=1S/C24H17Br2FN2O2S/c1-14-6-8-17(9-7-14)28-24-29-23(30)21(32-24)12-15-10-18(25)22(19(26)11-15)31-13-16-4-2-3-5-20(16)27/h2-12H,13H2,1H3,(H,28,29,30)/b21-12-. The summed E-state index contributed by atoms with van der Waals surface area (Å²) in [5.41, 5.74) is 3.20. The van der Waals surface area contributed by atoms with Crippen LogP contribution in [0.1, 0.15) is 16.7 Å². The molecule has 0 spiro atoms. The van der Waals surface area contributed by atoms with Crippen molar-refractivity contribution in [2.45, 2.75) is 13.5 Å². The van der Waals surface area contributed by atoms with E-state index >= 15 is 0 Å². The predicted molar refractivity (Wildman–Crippen MR) is 135 cm³/mol. The lowest BCUT2D eigenvalue weighted by Crippen LogP contribution is -2.19. The third kappa shape index (κ3) is 5.49. The summed E-state index contributed by atoms with van der Waals surface area (Å²) >= 11 is 8.30. The number of carbonyl (C=O) groups excluding carboxylic acids is 1. The van der Waals surface area contributed by atoms with Crippen LogP contribution in [0.5, 0.6) is 5.75 Å². The van der Waals surface area contributed by atoms with E-state index < -0.39 is 0 Å². The van der Waals surface area contributed by atoms with Crippen LogP contribution in [-0.4, -0.2) is 11.1 Å². The van der Waals surface area contributed by atoms with Crippen molar-refractivity contribution in [2.75, 3.05) is 0 Å². The predicted octanol–water partition coefficient (Wildman–Crippen LogP) is 7.13. The largest absolute Gasteiger partial charge is 0.486 e. The van der Waals surface area contributed by atoms with Crippen molar-refractivity contribution in [3.63, 3.8) is 0 Å². The average molecular weight is 576 g/mol. The van der Waals surface area contributed by atoms with E-state index in [2.05, 4.69) is 42.2 Å². The van der Waals surface area contributed by atoms with Gasteiger partial charge in [0.2, 0.25) is 0 Å². The number of carbonyl (C=O) groups is 1. The summed E-state index contributed by atoms with van der Waals surface area (Å²) < 4.78 is 21.0. The van der Waals surface area contributed by atoms with Gasteiger partial charge in [0.05, 0.1) is 19.5 Å². The Morgan fingerprint density at radius 3 is 2.47 bits per heavy atom. The number of hydrogen-bond donors (Lipinski definition) is 1. The van der Waals surface area contributed by atoms with E-state index in [4.69, 9.17) is 4.74 Å². The number of thioether (sulfide) groups is 1. The zero-order valence-electron chi connectivity index (χ0n) is 16.9. The molecule has 0 unspecified atom stereocenters. The second-order valence-corrected chi connectivity index (χ2v) is 9.75. The van der Waals surface area contributed by atoms with E-state index in [1.54, 1.807) is 24.3 Å². The molecular formula is C24H17Br2FN2O2S. The molecule has 4 rings (SSSR count). The number of ether oxygens (including phenoxy) is 1. The molecule has 1 aliphatic heterocycles. The molecule has 0 bridgehead atoms. The second kappa shape index (κ2) is 10.0. The Balaban J connectivity index is 1.51. The molecule has 1 aliphatic rings. The van der Waals surface area contributed by atoms with Crippen LogP contribution in [0.15, 0.2) is 79.5 Å². The molecule has 1 saturated heterocycles. The molecule has 0 aliphatic carbocycles.